The van der Waals surface area contributed by atoms with Crippen LogP contribution in [0.3, 0.4) is 0 Å². The highest BCUT2D eigenvalue weighted by atomic mass is 32.2. The lowest BCUT2D eigenvalue weighted by Gasteiger charge is -2.04. The van der Waals surface area contributed by atoms with Crippen molar-refractivity contribution in [2.45, 2.75) is 18.2 Å². The molecule has 0 aliphatic rings. The minimum Gasteiger partial charge on any atom is -0.309 e. The van der Waals surface area contributed by atoms with E-state index in [4.69, 9.17) is 0 Å². The first-order valence-corrected chi connectivity index (χ1v) is 7.72. The van der Waals surface area contributed by atoms with Gasteiger partial charge in [0.25, 0.3) is 0 Å². The number of aromatic nitrogens is 2. The summed E-state index contributed by atoms with van der Waals surface area (Å²) in [7, 11) is -3.43. The monoisotopic (exact) mass is 293 g/mol. The Labute approximate surface area is 117 Å². The molecule has 1 amide bonds. The van der Waals surface area contributed by atoms with Gasteiger partial charge in [0.2, 0.25) is 5.91 Å². The number of amides is 1. The number of hydrogen-bond acceptors (Lipinski definition) is 4. The molecule has 0 bridgehead atoms. The van der Waals surface area contributed by atoms with Crippen LogP contribution in [0.25, 0.3) is 0 Å². The van der Waals surface area contributed by atoms with Crippen LogP contribution in [0.5, 0.6) is 0 Å². The fraction of sp³-hybridized carbons (Fsp3) is 0.231. The second-order valence-corrected chi connectivity index (χ2v) is 6.48. The Morgan fingerprint density at radius 1 is 1.30 bits per heavy atom. The number of carbonyl (C=O) groups is 1. The Kier molecular flexibility index (Phi) is 4.19. The number of rotatable bonds is 5. The van der Waals surface area contributed by atoms with Crippen LogP contribution in [0.4, 0.5) is 5.82 Å². The second kappa shape index (κ2) is 5.87. The quantitative estimate of drug-likeness (QED) is 0.874. The van der Waals surface area contributed by atoms with Crippen LogP contribution in [-0.4, -0.2) is 30.3 Å². The van der Waals surface area contributed by atoms with Crippen LogP contribution >= 0.6 is 0 Å². The van der Waals surface area contributed by atoms with Gasteiger partial charge in [0.1, 0.15) is 0 Å². The summed E-state index contributed by atoms with van der Waals surface area (Å²) in [6.45, 7) is 1.81. The summed E-state index contributed by atoms with van der Waals surface area (Å²) in [4.78, 5) is 11.9. The van der Waals surface area contributed by atoms with Crippen LogP contribution < -0.4 is 5.32 Å². The third-order valence-electron chi connectivity index (χ3n) is 2.67. The highest BCUT2D eigenvalue weighted by molar-refractivity contribution is 7.91. The van der Waals surface area contributed by atoms with Gasteiger partial charge in [0, 0.05) is 18.2 Å². The smallest absolute Gasteiger partial charge is 0.226 e. The van der Waals surface area contributed by atoms with Gasteiger partial charge < -0.3 is 5.32 Å². The number of benzene rings is 1. The number of nitrogens with zero attached hydrogens (tertiary/aromatic N) is 1. The van der Waals surface area contributed by atoms with E-state index in [-0.39, 0.29) is 23.0 Å². The van der Waals surface area contributed by atoms with Crippen molar-refractivity contribution in [1.82, 2.24) is 10.2 Å². The topological polar surface area (TPSA) is 91.9 Å². The highest BCUT2D eigenvalue weighted by Crippen LogP contribution is 2.12. The normalized spacial score (nSPS) is 11.2. The van der Waals surface area contributed by atoms with Gasteiger partial charge >= 0.3 is 0 Å². The van der Waals surface area contributed by atoms with Crippen molar-refractivity contribution in [3.8, 4) is 0 Å². The summed E-state index contributed by atoms with van der Waals surface area (Å²) in [5.74, 6) is -0.215. The molecule has 6 nitrogen and oxygen atoms in total. The molecule has 1 aromatic heterocycles. The SMILES string of the molecule is Cc1cc(NC(=O)CCS(=O)(=O)c2ccccc2)n[nH]1. The summed E-state index contributed by atoms with van der Waals surface area (Å²) < 4.78 is 24.0. The molecular formula is C13H15N3O3S. The van der Waals surface area contributed by atoms with E-state index in [1.165, 1.54) is 12.1 Å². The molecule has 1 heterocycles. The number of carbonyl (C=O) groups excluding carboxylic acids is 1. The minimum atomic E-state index is -3.43. The molecule has 0 spiro atoms. The zero-order chi connectivity index (χ0) is 14.6. The number of nitrogens with one attached hydrogen (secondary N) is 2. The van der Waals surface area contributed by atoms with E-state index in [1.807, 2.05) is 6.92 Å². The Morgan fingerprint density at radius 2 is 2.00 bits per heavy atom. The van der Waals surface area contributed by atoms with Gasteiger partial charge in [-0.2, -0.15) is 5.10 Å². The lowest BCUT2D eigenvalue weighted by atomic mass is 10.4. The van der Waals surface area contributed by atoms with Gasteiger partial charge in [-0.05, 0) is 19.1 Å². The summed E-state index contributed by atoms with van der Waals surface area (Å²) in [5.41, 5.74) is 0.817. The number of hydrogen-bond donors (Lipinski definition) is 2. The van der Waals surface area contributed by atoms with E-state index in [0.29, 0.717) is 5.82 Å². The lowest BCUT2D eigenvalue weighted by molar-refractivity contribution is -0.115. The van der Waals surface area contributed by atoms with E-state index < -0.39 is 9.84 Å². The van der Waals surface area contributed by atoms with Gasteiger partial charge in [0.05, 0.1) is 10.6 Å². The maximum atomic E-state index is 12.0. The second-order valence-electron chi connectivity index (χ2n) is 4.37. The van der Waals surface area contributed by atoms with Crippen LogP contribution in [0.1, 0.15) is 12.1 Å². The molecule has 2 N–H and O–H groups in total. The molecule has 2 aromatic rings. The fourth-order valence-electron chi connectivity index (χ4n) is 1.66. The Balaban J connectivity index is 1.93. The predicted octanol–water partition coefficient (Wildman–Crippen LogP) is 1.52. The van der Waals surface area contributed by atoms with E-state index in [2.05, 4.69) is 15.5 Å². The first-order valence-electron chi connectivity index (χ1n) is 6.07. The number of anilines is 1. The average molecular weight is 293 g/mol. The Hall–Kier alpha value is -2.15. The molecule has 0 aliphatic heterocycles. The van der Waals surface area contributed by atoms with Crippen LogP contribution in [0.2, 0.25) is 0 Å². The van der Waals surface area contributed by atoms with Crippen molar-refractivity contribution >= 4 is 21.6 Å². The largest absolute Gasteiger partial charge is 0.309 e. The van der Waals surface area contributed by atoms with Gasteiger partial charge in [-0.3, -0.25) is 9.89 Å². The predicted molar refractivity (Wildman–Crippen MR) is 75.1 cm³/mol. The van der Waals surface area contributed by atoms with E-state index in [9.17, 15) is 13.2 Å². The molecule has 106 valence electrons. The molecule has 0 saturated carbocycles. The third-order valence-corrected chi connectivity index (χ3v) is 4.41. The van der Waals surface area contributed by atoms with Crippen LogP contribution in [0, 0.1) is 6.92 Å². The number of sulfone groups is 1. The fourth-order valence-corrected chi connectivity index (χ4v) is 2.92. The summed E-state index contributed by atoms with van der Waals surface area (Å²) in [5, 5.41) is 9.08. The maximum Gasteiger partial charge on any atom is 0.226 e. The van der Waals surface area contributed by atoms with Crippen LogP contribution in [0.15, 0.2) is 41.3 Å². The van der Waals surface area contributed by atoms with Gasteiger partial charge in [-0.25, -0.2) is 8.42 Å². The highest BCUT2D eigenvalue weighted by Gasteiger charge is 2.16. The number of aromatic amines is 1. The van der Waals surface area contributed by atoms with Gasteiger partial charge in [-0.15, -0.1) is 0 Å². The number of H-pyrrole nitrogens is 1. The average Bonchev–Trinajstić information content (AvgIpc) is 2.83. The third kappa shape index (κ3) is 3.67. The number of aryl methyl sites for hydroxylation is 1. The first kappa shape index (κ1) is 14.3. The van der Waals surface area contributed by atoms with Crippen LogP contribution in [-0.2, 0) is 14.6 Å². The van der Waals surface area contributed by atoms with Crippen molar-refractivity contribution in [1.29, 1.82) is 0 Å². The molecule has 20 heavy (non-hydrogen) atoms. The standard InChI is InChI=1S/C13H15N3O3S/c1-10-9-12(16-15-10)14-13(17)7-8-20(18,19)11-5-3-2-4-6-11/h2-6,9H,7-8H2,1H3,(H2,14,15,16,17). The first-order chi connectivity index (χ1) is 9.47. The maximum absolute atomic E-state index is 12.0. The Bertz CT molecular complexity index is 693. The molecule has 2 rings (SSSR count). The molecular weight excluding hydrogens is 278 g/mol. The van der Waals surface area contributed by atoms with Gasteiger partial charge in [-0.1, -0.05) is 18.2 Å². The molecule has 0 unspecified atom stereocenters. The lowest BCUT2D eigenvalue weighted by Crippen LogP contribution is -2.17. The van der Waals surface area contributed by atoms with Crippen molar-refractivity contribution < 1.29 is 13.2 Å². The molecule has 1 aromatic carbocycles. The molecule has 0 atom stereocenters. The zero-order valence-corrected chi connectivity index (χ0v) is 11.8. The summed E-state index contributed by atoms with van der Waals surface area (Å²) in [6, 6.07) is 9.75. The molecule has 0 saturated heterocycles. The summed E-state index contributed by atoms with van der Waals surface area (Å²) in [6.07, 6.45) is -0.108. The van der Waals surface area contributed by atoms with Gasteiger partial charge in [0.15, 0.2) is 15.7 Å². The summed E-state index contributed by atoms with van der Waals surface area (Å²) >= 11 is 0. The molecule has 0 aliphatic carbocycles. The molecule has 0 radical (unpaired) electrons. The van der Waals surface area contributed by atoms with Crippen molar-refractivity contribution in [3.63, 3.8) is 0 Å². The Morgan fingerprint density at radius 3 is 2.60 bits per heavy atom. The van der Waals surface area contributed by atoms with Crippen molar-refractivity contribution in [2.75, 3.05) is 11.1 Å². The molecule has 0 fully saturated rings. The van der Waals surface area contributed by atoms with E-state index in [1.54, 1.807) is 24.3 Å². The minimum absolute atomic E-state index is 0.108. The van der Waals surface area contributed by atoms with E-state index >= 15 is 0 Å². The van der Waals surface area contributed by atoms with Crippen molar-refractivity contribution in [2.24, 2.45) is 0 Å². The van der Waals surface area contributed by atoms with Crippen molar-refractivity contribution in [3.05, 3.63) is 42.1 Å². The molecule has 7 heteroatoms. The zero-order valence-electron chi connectivity index (χ0n) is 11.0. The van der Waals surface area contributed by atoms with E-state index in [0.717, 1.165) is 5.69 Å².